The molecule has 6 nitrogen and oxygen atoms in total. The van der Waals surface area contributed by atoms with Crippen LogP contribution < -0.4 is 15.4 Å². The summed E-state index contributed by atoms with van der Waals surface area (Å²) in [4.78, 5) is 6.45. The Morgan fingerprint density at radius 3 is 2.75 bits per heavy atom. The summed E-state index contributed by atoms with van der Waals surface area (Å²) in [6, 6.07) is 3.75. The molecule has 0 fully saturated rings. The summed E-state index contributed by atoms with van der Waals surface area (Å²) in [6.07, 6.45) is 1.82. The molecule has 0 saturated heterocycles. The molecule has 0 aliphatic heterocycles. The zero-order valence-electron chi connectivity index (χ0n) is 12.6. The topological polar surface area (TPSA) is 84.0 Å². The van der Waals surface area contributed by atoms with Crippen molar-refractivity contribution >= 4 is 11.7 Å². The Morgan fingerprint density at radius 1 is 1.50 bits per heavy atom. The minimum atomic E-state index is -0.0751. The molecule has 0 saturated carbocycles. The summed E-state index contributed by atoms with van der Waals surface area (Å²) in [5.41, 5.74) is 5.64. The van der Waals surface area contributed by atoms with E-state index in [4.69, 9.17) is 15.7 Å². The molecule has 1 aromatic heterocycles. The van der Waals surface area contributed by atoms with Crippen molar-refractivity contribution in [1.82, 2.24) is 4.98 Å². The summed E-state index contributed by atoms with van der Waals surface area (Å²) in [5.74, 6) is 1.66. The minimum Gasteiger partial charge on any atom is -0.487 e. The highest BCUT2D eigenvalue weighted by Gasteiger charge is 2.18. The number of aromatic nitrogens is 1. The van der Waals surface area contributed by atoms with Crippen molar-refractivity contribution in [3.63, 3.8) is 0 Å². The van der Waals surface area contributed by atoms with Crippen molar-refractivity contribution in [2.75, 3.05) is 18.0 Å². The first-order valence-electron chi connectivity index (χ1n) is 6.83. The first-order valence-corrected chi connectivity index (χ1v) is 6.83. The second-order valence-corrected chi connectivity index (χ2v) is 4.96. The molecule has 112 valence electrons. The first kappa shape index (κ1) is 16.1. The van der Waals surface area contributed by atoms with Crippen LogP contribution in [0.15, 0.2) is 23.5 Å². The average molecular weight is 280 g/mol. The van der Waals surface area contributed by atoms with E-state index in [0.717, 1.165) is 18.1 Å². The predicted molar refractivity (Wildman–Crippen MR) is 80.5 cm³/mol. The molecule has 0 aliphatic carbocycles. The van der Waals surface area contributed by atoms with Gasteiger partial charge in [0.1, 0.15) is 5.84 Å². The standard InChI is InChI=1S/C14H24N4O2/c1-5-18(9-11(4)13(15)17-19)14-12(20-10(2)3)7-6-8-16-14/h6-8,10-11,19H,5,9H2,1-4H3,(H2,15,17). The number of hydrogen-bond donors (Lipinski definition) is 2. The summed E-state index contributed by atoms with van der Waals surface area (Å²) in [6.45, 7) is 9.26. The zero-order chi connectivity index (χ0) is 15.1. The molecule has 1 aromatic rings. The molecule has 1 unspecified atom stereocenters. The number of rotatable bonds is 7. The molecule has 0 bridgehead atoms. The monoisotopic (exact) mass is 280 g/mol. The van der Waals surface area contributed by atoms with Gasteiger partial charge in [0.2, 0.25) is 0 Å². The van der Waals surface area contributed by atoms with Crippen LogP contribution >= 0.6 is 0 Å². The number of amidine groups is 1. The highest BCUT2D eigenvalue weighted by Crippen LogP contribution is 2.26. The number of nitrogens with two attached hydrogens (primary N) is 1. The van der Waals surface area contributed by atoms with Gasteiger partial charge in [-0.3, -0.25) is 0 Å². The molecule has 6 heteroatoms. The number of nitrogens with zero attached hydrogens (tertiary/aromatic N) is 3. The summed E-state index contributed by atoms with van der Waals surface area (Å²) < 4.78 is 5.78. The molecule has 1 heterocycles. The van der Waals surface area contributed by atoms with E-state index >= 15 is 0 Å². The second kappa shape index (κ2) is 7.57. The minimum absolute atomic E-state index is 0.0751. The van der Waals surface area contributed by atoms with Gasteiger partial charge in [0.15, 0.2) is 11.6 Å². The van der Waals surface area contributed by atoms with Crippen molar-refractivity contribution in [3.05, 3.63) is 18.3 Å². The smallest absolute Gasteiger partial charge is 0.171 e. The zero-order valence-corrected chi connectivity index (χ0v) is 12.6. The Labute approximate surface area is 120 Å². The lowest BCUT2D eigenvalue weighted by molar-refractivity contribution is 0.242. The van der Waals surface area contributed by atoms with Gasteiger partial charge in [-0.15, -0.1) is 0 Å². The van der Waals surface area contributed by atoms with E-state index in [1.165, 1.54) is 0 Å². The SMILES string of the molecule is CCN(CC(C)/C(N)=N/O)c1ncccc1OC(C)C. The van der Waals surface area contributed by atoms with Crippen LogP contribution in [-0.4, -0.2) is 35.2 Å². The Balaban J connectivity index is 2.94. The number of pyridine rings is 1. The van der Waals surface area contributed by atoms with E-state index in [1.807, 2.05) is 39.8 Å². The van der Waals surface area contributed by atoms with Crippen LogP contribution in [0, 0.1) is 5.92 Å². The van der Waals surface area contributed by atoms with Gasteiger partial charge in [0.25, 0.3) is 0 Å². The van der Waals surface area contributed by atoms with Gasteiger partial charge in [-0.1, -0.05) is 12.1 Å². The molecule has 3 N–H and O–H groups in total. The van der Waals surface area contributed by atoms with Crippen molar-refractivity contribution in [2.24, 2.45) is 16.8 Å². The number of oxime groups is 1. The largest absolute Gasteiger partial charge is 0.487 e. The van der Waals surface area contributed by atoms with Crippen LogP contribution in [0.2, 0.25) is 0 Å². The maximum absolute atomic E-state index is 8.74. The van der Waals surface area contributed by atoms with E-state index < -0.39 is 0 Å². The quantitative estimate of drug-likeness (QED) is 0.346. The lowest BCUT2D eigenvalue weighted by atomic mass is 10.1. The molecule has 0 aromatic carbocycles. The maximum atomic E-state index is 8.74. The molecular weight excluding hydrogens is 256 g/mol. The molecule has 1 rings (SSSR count). The third kappa shape index (κ3) is 4.29. The second-order valence-electron chi connectivity index (χ2n) is 4.96. The van der Waals surface area contributed by atoms with E-state index in [0.29, 0.717) is 6.54 Å². The maximum Gasteiger partial charge on any atom is 0.171 e. The molecule has 0 amide bonds. The fraction of sp³-hybridized carbons (Fsp3) is 0.571. The van der Waals surface area contributed by atoms with Crippen molar-refractivity contribution in [3.8, 4) is 5.75 Å². The van der Waals surface area contributed by atoms with Crippen molar-refractivity contribution in [1.29, 1.82) is 0 Å². The molecular formula is C14H24N4O2. The Kier molecular flexibility index (Phi) is 6.09. The van der Waals surface area contributed by atoms with Gasteiger partial charge in [0, 0.05) is 25.2 Å². The van der Waals surface area contributed by atoms with Crippen molar-refractivity contribution < 1.29 is 9.94 Å². The fourth-order valence-corrected chi connectivity index (χ4v) is 1.85. The number of anilines is 1. The van der Waals surface area contributed by atoms with E-state index in [-0.39, 0.29) is 17.9 Å². The van der Waals surface area contributed by atoms with Gasteiger partial charge in [0.05, 0.1) is 6.10 Å². The molecule has 0 aliphatic rings. The van der Waals surface area contributed by atoms with Crippen molar-refractivity contribution in [2.45, 2.75) is 33.8 Å². The predicted octanol–water partition coefficient (Wildman–Crippen LogP) is 2.08. The van der Waals surface area contributed by atoms with Gasteiger partial charge in [-0.2, -0.15) is 0 Å². The Bertz CT molecular complexity index is 449. The summed E-state index contributed by atoms with van der Waals surface area (Å²) >= 11 is 0. The fourth-order valence-electron chi connectivity index (χ4n) is 1.85. The lowest BCUT2D eigenvalue weighted by Gasteiger charge is -2.27. The highest BCUT2D eigenvalue weighted by molar-refractivity contribution is 5.82. The number of ether oxygens (including phenoxy) is 1. The van der Waals surface area contributed by atoms with Crippen LogP contribution in [0.1, 0.15) is 27.7 Å². The van der Waals surface area contributed by atoms with Crippen LogP contribution in [0.5, 0.6) is 5.75 Å². The molecule has 1 atom stereocenters. The molecule has 0 spiro atoms. The third-order valence-corrected chi connectivity index (χ3v) is 2.91. The van der Waals surface area contributed by atoms with Gasteiger partial charge < -0.3 is 20.6 Å². The first-order chi connectivity index (χ1) is 9.49. The van der Waals surface area contributed by atoms with Crippen LogP contribution in [0.4, 0.5) is 5.82 Å². The van der Waals surface area contributed by atoms with Gasteiger partial charge in [-0.05, 0) is 32.9 Å². The van der Waals surface area contributed by atoms with E-state index in [1.54, 1.807) is 6.20 Å². The number of hydrogen-bond acceptors (Lipinski definition) is 5. The Morgan fingerprint density at radius 2 is 2.20 bits per heavy atom. The average Bonchev–Trinajstić information content (AvgIpc) is 2.43. The third-order valence-electron chi connectivity index (χ3n) is 2.91. The van der Waals surface area contributed by atoms with E-state index in [2.05, 4.69) is 15.0 Å². The Hall–Kier alpha value is -1.98. The lowest BCUT2D eigenvalue weighted by Crippen LogP contribution is -2.35. The van der Waals surface area contributed by atoms with Crippen LogP contribution in [0.3, 0.4) is 0 Å². The van der Waals surface area contributed by atoms with Crippen LogP contribution in [0.25, 0.3) is 0 Å². The summed E-state index contributed by atoms with van der Waals surface area (Å²) in [7, 11) is 0. The van der Waals surface area contributed by atoms with Gasteiger partial charge in [-0.25, -0.2) is 4.98 Å². The summed E-state index contributed by atoms with van der Waals surface area (Å²) in [5, 5.41) is 11.8. The molecule has 0 radical (unpaired) electrons. The van der Waals surface area contributed by atoms with E-state index in [9.17, 15) is 0 Å². The highest BCUT2D eigenvalue weighted by atomic mass is 16.5. The van der Waals surface area contributed by atoms with Gasteiger partial charge >= 0.3 is 0 Å². The normalized spacial score (nSPS) is 13.3. The van der Waals surface area contributed by atoms with Crippen LogP contribution in [-0.2, 0) is 0 Å². The molecule has 20 heavy (non-hydrogen) atoms.